The highest BCUT2D eigenvalue weighted by Gasteiger charge is 2.27. The van der Waals surface area contributed by atoms with Gasteiger partial charge in [-0.3, -0.25) is 4.79 Å². The fourth-order valence-corrected chi connectivity index (χ4v) is 2.48. The van der Waals surface area contributed by atoms with Crippen LogP contribution in [0.15, 0.2) is 35.2 Å². The molecule has 0 fully saturated rings. The monoisotopic (exact) mass is 237 g/mol. The van der Waals surface area contributed by atoms with E-state index in [2.05, 4.69) is 38.2 Å². The highest BCUT2D eigenvalue weighted by atomic mass is 32.2. The SMILES string of the molecule is CC(=O)NC(C)(C)C(C)Sc1ccccc1. The Bertz CT molecular complexity index is 348. The molecule has 0 saturated heterocycles. The van der Waals surface area contributed by atoms with Gasteiger partial charge in [0.15, 0.2) is 0 Å². The van der Waals surface area contributed by atoms with Crippen LogP contribution in [0.1, 0.15) is 27.7 Å². The molecular weight excluding hydrogens is 218 g/mol. The third-order valence-corrected chi connectivity index (χ3v) is 4.06. The minimum Gasteiger partial charge on any atom is -0.350 e. The minimum atomic E-state index is -0.202. The Hall–Kier alpha value is -0.960. The Kier molecular flexibility index (Phi) is 4.42. The number of thioether (sulfide) groups is 1. The lowest BCUT2D eigenvalue weighted by molar-refractivity contribution is -0.120. The van der Waals surface area contributed by atoms with Crippen LogP contribution in [0.4, 0.5) is 0 Å². The number of carbonyl (C=O) groups is 1. The van der Waals surface area contributed by atoms with Gasteiger partial charge < -0.3 is 5.32 Å². The molecule has 1 rings (SSSR count). The second kappa shape index (κ2) is 5.39. The topological polar surface area (TPSA) is 29.1 Å². The van der Waals surface area contributed by atoms with Crippen molar-refractivity contribution in [3.8, 4) is 0 Å². The molecule has 88 valence electrons. The zero-order chi connectivity index (χ0) is 12.2. The first-order chi connectivity index (χ1) is 7.42. The average Bonchev–Trinajstić information content (AvgIpc) is 2.17. The van der Waals surface area contributed by atoms with Crippen LogP contribution >= 0.6 is 11.8 Å². The molecule has 0 spiro atoms. The molecule has 0 heterocycles. The molecule has 0 aliphatic rings. The number of rotatable bonds is 4. The molecule has 16 heavy (non-hydrogen) atoms. The van der Waals surface area contributed by atoms with Crippen LogP contribution in [0.2, 0.25) is 0 Å². The fraction of sp³-hybridized carbons (Fsp3) is 0.462. The molecule has 0 aliphatic heterocycles. The van der Waals surface area contributed by atoms with Crippen molar-refractivity contribution in [1.82, 2.24) is 5.32 Å². The smallest absolute Gasteiger partial charge is 0.217 e. The standard InChI is InChI=1S/C13H19NOS/c1-10(13(3,4)14-11(2)15)16-12-8-6-5-7-9-12/h5-10H,1-4H3,(H,14,15). The Labute approximate surface area is 102 Å². The lowest BCUT2D eigenvalue weighted by Crippen LogP contribution is -2.48. The molecule has 1 N–H and O–H groups in total. The van der Waals surface area contributed by atoms with Crippen LogP contribution in [0.3, 0.4) is 0 Å². The molecule has 0 bridgehead atoms. The largest absolute Gasteiger partial charge is 0.350 e. The van der Waals surface area contributed by atoms with E-state index in [9.17, 15) is 4.79 Å². The van der Waals surface area contributed by atoms with E-state index in [-0.39, 0.29) is 11.4 Å². The highest BCUT2D eigenvalue weighted by molar-refractivity contribution is 8.00. The number of carbonyl (C=O) groups excluding carboxylic acids is 1. The van der Waals surface area contributed by atoms with E-state index in [1.54, 1.807) is 18.7 Å². The second-order valence-electron chi connectivity index (χ2n) is 4.48. The molecule has 3 heteroatoms. The van der Waals surface area contributed by atoms with Crippen molar-refractivity contribution in [2.75, 3.05) is 0 Å². The summed E-state index contributed by atoms with van der Waals surface area (Å²) < 4.78 is 0. The predicted molar refractivity (Wildman–Crippen MR) is 69.7 cm³/mol. The van der Waals surface area contributed by atoms with Crippen LogP contribution in [-0.2, 0) is 4.79 Å². The Morgan fingerprint density at radius 3 is 2.38 bits per heavy atom. The van der Waals surface area contributed by atoms with Crippen molar-refractivity contribution in [1.29, 1.82) is 0 Å². The zero-order valence-corrected chi connectivity index (χ0v) is 11.1. The van der Waals surface area contributed by atoms with Gasteiger partial charge in [-0.15, -0.1) is 11.8 Å². The molecule has 1 aromatic rings. The van der Waals surface area contributed by atoms with E-state index in [4.69, 9.17) is 0 Å². The van der Waals surface area contributed by atoms with Gasteiger partial charge >= 0.3 is 0 Å². The van der Waals surface area contributed by atoms with Crippen LogP contribution < -0.4 is 5.32 Å². The summed E-state index contributed by atoms with van der Waals surface area (Å²) in [5.41, 5.74) is -0.202. The highest BCUT2D eigenvalue weighted by Crippen LogP contribution is 2.29. The fourth-order valence-electron chi connectivity index (χ4n) is 1.41. The maximum Gasteiger partial charge on any atom is 0.217 e. The van der Waals surface area contributed by atoms with Crippen LogP contribution in [-0.4, -0.2) is 16.7 Å². The number of benzene rings is 1. The van der Waals surface area contributed by atoms with Gasteiger partial charge in [0.2, 0.25) is 5.91 Å². The van der Waals surface area contributed by atoms with Gasteiger partial charge in [-0.05, 0) is 26.0 Å². The van der Waals surface area contributed by atoms with Crippen molar-refractivity contribution in [2.24, 2.45) is 0 Å². The molecule has 0 aliphatic carbocycles. The lowest BCUT2D eigenvalue weighted by atomic mass is 10.0. The molecule has 1 amide bonds. The summed E-state index contributed by atoms with van der Waals surface area (Å²) in [5, 5.41) is 3.30. The van der Waals surface area contributed by atoms with Gasteiger partial charge in [-0.1, -0.05) is 25.1 Å². The average molecular weight is 237 g/mol. The normalized spacial score (nSPS) is 13.2. The van der Waals surface area contributed by atoms with Crippen molar-refractivity contribution < 1.29 is 4.79 Å². The number of amides is 1. The molecule has 1 atom stereocenters. The summed E-state index contributed by atoms with van der Waals surface area (Å²) in [6.45, 7) is 7.79. The van der Waals surface area contributed by atoms with E-state index in [0.717, 1.165) is 0 Å². The summed E-state index contributed by atoms with van der Waals surface area (Å²) in [6.07, 6.45) is 0. The molecule has 1 unspecified atom stereocenters. The zero-order valence-electron chi connectivity index (χ0n) is 10.3. The predicted octanol–water partition coefficient (Wildman–Crippen LogP) is 3.08. The van der Waals surface area contributed by atoms with Gasteiger partial charge in [0, 0.05) is 22.6 Å². The van der Waals surface area contributed by atoms with E-state index in [1.807, 2.05) is 18.2 Å². The van der Waals surface area contributed by atoms with Crippen molar-refractivity contribution in [3.05, 3.63) is 30.3 Å². The van der Waals surface area contributed by atoms with E-state index in [0.29, 0.717) is 5.25 Å². The van der Waals surface area contributed by atoms with Gasteiger partial charge in [-0.25, -0.2) is 0 Å². The third-order valence-electron chi connectivity index (χ3n) is 2.57. The molecule has 1 aromatic carbocycles. The summed E-state index contributed by atoms with van der Waals surface area (Å²) in [7, 11) is 0. The summed E-state index contributed by atoms with van der Waals surface area (Å²) >= 11 is 1.78. The Morgan fingerprint density at radius 1 is 1.31 bits per heavy atom. The maximum atomic E-state index is 11.1. The molecule has 0 radical (unpaired) electrons. The summed E-state index contributed by atoms with van der Waals surface area (Å²) in [5.74, 6) is 0.0190. The molecule has 0 saturated carbocycles. The molecule has 0 aromatic heterocycles. The van der Waals surface area contributed by atoms with Gasteiger partial charge in [0.25, 0.3) is 0 Å². The van der Waals surface area contributed by atoms with Crippen LogP contribution in [0, 0.1) is 0 Å². The van der Waals surface area contributed by atoms with E-state index in [1.165, 1.54) is 4.90 Å². The van der Waals surface area contributed by atoms with Crippen molar-refractivity contribution >= 4 is 17.7 Å². The number of hydrogen-bond acceptors (Lipinski definition) is 2. The first kappa shape index (κ1) is 13.1. The maximum absolute atomic E-state index is 11.1. The number of hydrogen-bond donors (Lipinski definition) is 1. The lowest BCUT2D eigenvalue weighted by Gasteiger charge is -2.32. The Balaban J connectivity index is 2.64. The molecular formula is C13H19NOS. The van der Waals surface area contributed by atoms with Crippen molar-refractivity contribution in [2.45, 2.75) is 43.4 Å². The van der Waals surface area contributed by atoms with E-state index >= 15 is 0 Å². The van der Waals surface area contributed by atoms with Gasteiger partial charge in [0.1, 0.15) is 0 Å². The Morgan fingerprint density at radius 2 is 1.88 bits per heavy atom. The van der Waals surface area contributed by atoms with E-state index < -0.39 is 0 Å². The summed E-state index contributed by atoms with van der Waals surface area (Å²) in [4.78, 5) is 12.3. The second-order valence-corrected chi connectivity index (χ2v) is 5.89. The van der Waals surface area contributed by atoms with Gasteiger partial charge in [-0.2, -0.15) is 0 Å². The number of nitrogens with one attached hydrogen (secondary N) is 1. The third kappa shape index (κ3) is 3.89. The quantitative estimate of drug-likeness (QED) is 0.815. The van der Waals surface area contributed by atoms with Gasteiger partial charge in [0.05, 0.1) is 0 Å². The van der Waals surface area contributed by atoms with Crippen LogP contribution in [0.5, 0.6) is 0 Å². The first-order valence-electron chi connectivity index (χ1n) is 5.42. The van der Waals surface area contributed by atoms with Crippen LogP contribution in [0.25, 0.3) is 0 Å². The first-order valence-corrected chi connectivity index (χ1v) is 6.30. The van der Waals surface area contributed by atoms with Crippen molar-refractivity contribution in [3.63, 3.8) is 0 Å². The minimum absolute atomic E-state index is 0.0190. The summed E-state index contributed by atoms with van der Waals surface area (Å²) in [6, 6.07) is 10.2. The molecule has 2 nitrogen and oxygen atoms in total.